The molecule has 5 heteroatoms. The van der Waals surface area contributed by atoms with Gasteiger partial charge >= 0.3 is 0 Å². The summed E-state index contributed by atoms with van der Waals surface area (Å²) < 4.78 is 1.84. The minimum atomic E-state index is -0.188. The first-order valence-electron chi connectivity index (χ1n) is 5.14. The molecule has 0 spiro atoms. The summed E-state index contributed by atoms with van der Waals surface area (Å²) in [5.41, 5.74) is 7.62. The highest BCUT2D eigenvalue weighted by molar-refractivity contribution is 5.92. The van der Waals surface area contributed by atoms with Gasteiger partial charge in [-0.1, -0.05) is 6.07 Å². The molecule has 0 fully saturated rings. The molecule has 0 unspecified atom stereocenters. The SMILES string of the molecule is Cc1ccc2nc(C(=O)NCCN)cn2c1. The van der Waals surface area contributed by atoms with E-state index < -0.39 is 0 Å². The quantitative estimate of drug-likeness (QED) is 0.779. The summed E-state index contributed by atoms with van der Waals surface area (Å²) in [5, 5.41) is 2.68. The van der Waals surface area contributed by atoms with E-state index in [2.05, 4.69) is 10.3 Å². The second-order valence-corrected chi connectivity index (χ2v) is 3.64. The van der Waals surface area contributed by atoms with E-state index in [1.54, 1.807) is 6.20 Å². The standard InChI is InChI=1S/C11H14N4O/c1-8-2-3-10-14-9(7-15(10)6-8)11(16)13-5-4-12/h2-3,6-7H,4-5,12H2,1H3,(H,13,16). The fourth-order valence-corrected chi connectivity index (χ4v) is 1.49. The van der Waals surface area contributed by atoms with Gasteiger partial charge in [0.1, 0.15) is 11.3 Å². The van der Waals surface area contributed by atoms with Crippen LogP contribution in [0.4, 0.5) is 0 Å². The van der Waals surface area contributed by atoms with Crippen molar-refractivity contribution in [2.24, 2.45) is 5.73 Å². The van der Waals surface area contributed by atoms with Crippen LogP contribution in [-0.4, -0.2) is 28.4 Å². The second kappa shape index (κ2) is 4.32. The molecule has 3 N–H and O–H groups in total. The molecule has 2 aromatic heterocycles. The van der Waals surface area contributed by atoms with Crippen molar-refractivity contribution in [3.8, 4) is 0 Å². The third kappa shape index (κ3) is 2.04. The molecule has 0 saturated heterocycles. The lowest BCUT2D eigenvalue weighted by molar-refractivity contribution is 0.0950. The van der Waals surface area contributed by atoms with Crippen molar-refractivity contribution in [3.63, 3.8) is 0 Å². The predicted molar refractivity (Wildman–Crippen MR) is 61.3 cm³/mol. The number of nitrogens with one attached hydrogen (secondary N) is 1. The summed E-state index contributed by atoms with van der Waals surface area (Å²) in [4.78, 5) is 15.8. The fraction of sp³-hybridized carbons (Fsp3) is 0.273. The summed E-state index contributed by atoms with van der Waals surface area (Å²) in [6, 6.07) is 3.85. The summed E-state index contributed by atoms with van der Waals surface area (Å²) >= 11 is 0. The largest absolute Gasteiger partial charge is 0.349 e. The Morgan fingerprint density at radius 2 is 2.31 bits per heavy atom. The minimum Gasteiger partial charge on any atom is -0.349 e. The number of aryl methyl sites for hydroxylation is 1. The number of imidazole rings is 1. The van der Waals surface area contributed by atoms with Gasteiger partial charge in [-0.15, -0.1) is 0 Å². The monoisotopic (exact) mass is 218 g/mol. The summed E-state index contributed by atoms with van der Waals surface area (Å²) in [5.74, 6) is -0.188. The van der Waals surface area contributed by atoms with Crippen LogP contribution in [0.2, 0.25) is 0 Å². The second-order valence-electron chi connectivity index (χ2n) is 3.64. The Morgan fingerprint density at radius 1 is 1.50 bits per heavy atom. The van der Waals surface area contributed by atoms with E-state index in [0.717, 1.165) is 11.2 Å². The minimum absolute atomic E-state index is 0.188. The molecule has 0 aromatic carbocycles. The molecule has 1 amide bonds. The van der Waals surface area contributed by atoms with E-state index in [9.17, 15) is 4.79 Å². The van der Waals surface area contributed by atoms with Crippen molar-refractivity contribution >= 4 is 11.6 Å². The Hall–Kier alpha value is -1.88. The van der Waals surface area contributed by atoms with Crippen LogP contribution < -0.4 is 11.1 Å². The molecule has 5 nitrogen and oxygen atoms in total. The highest BCUT2D eigenvalue weighted by Gasteiger charge is 2.09. The number of rotatable bonds is 3. The van der Waals surface area contributed by atoms with E-state index in [0.29, 0.717) is 18.8 Å². The number of carbonyl (C=O) groups excluding carboxylic acids is 1. The highest BCUT2D eigenvalue weighted by Crippen LogP contribution is 2.06. The average Bonchev–Trinajstić information content (AvgIpc) is 2.68. The van der Waals surface area contributed by atoms with Crippen molar-refractivity contribution in [3.05, 3.63) is 35.8 Å². The first-order chi connectivity index (χ1) is 7.70. The summed E-state index contributed by atoms with van der Waals surface area (Å²) in [6.45, 7) is 2.89. The summed E-state index contributed by atoms with van der Waals surface area (Å²) in [6.07, 6.45) is 3.65. The van der Waals surface area contributed by atoms with Crippen molar-refractivity contribution < 1.29 is 4.79 Å². The maximum atomic E-state index is 11.6. The van der Waals surface area contributed by atoms with Gasteiger partial charge in [0.25, 0.3) is 5.91 Å². The number of aromatic nitrogens is 2. The van der Waals surface area contributed by atoms with Gasteiger partial charge in [0.05, 0.1) is 0 Å². The molecular weight excluding hydrogens is 204 g/mol. The van der Waals surface area contributed by atoms with Crippen LogP contribution in [0.5, 0.6) is 0 Å². The number of pyridine rings is 1. The Kier molecular flexibility index (Phi) is 2.87. The van der Waals surface area contributed by atoms with Crippen LogP contribution in [0, 0.1) is 6.92 Å². The summed E-state index contributed by atoms with van der Waals surface area (Å²) in [7, 11) is 0. The zero-order valence-electron chi connectivity index (χ0n) is 9.10. The Bertz CT molecular complexity index is 518. The van der Waals surface area contributed by atoms with E-state index in [1.165, 1.54) is 0 Å². The first-order valence-corrected chi connectivity index (χ1v) is 5.14. The van der Waals surface area contributed by atoms with E-state index >= 15 is 0 Å². The number of nitrogens with zero attached hydrogens (tertiary/aromatic N) is 2. The number of nitrogens with two attached hydrogens (primary N) is 1. The lowest BCUT2D eigenvalue weighted by Gasteiger charge is -1.98. The van der Waals surface area contributed by atoms with E-state index in [4.69, 9.17) is 5.73 Å². The Morgan fingerprint density at radius 3 is 3.06 bits per heavy atom. The Labute approximate surface area is 93.3 Å². The van der Waals surface area contributed by atoms with Crippen LogP contribution in [0.25, 0.3) is 5.65 Å². The molecular formula is C11H14N4O. The smallest absolute Gasteiger partial charge is 0.271 e. The van der Waals surface area contributed by atoms with Crippen LogP contribution >= 0.6 is 0 Å². The molecule has 2 heterocycles. The maximum absolute atomic E-state index is 11.6. The van der Waals surface area contributed by atoms with Gasteiger partial charge < -0.3 is 15.5 Å². The highest BCUT2D eigenvalue weighted by atomic mass is 16.1. The molecule has 84 valence electrons. The van der Waals surface area contributed by atoms with Gasteiger partial charge in [-0.25, -0.2) is 4.98 Å². The average molecular weight is 218 g/mol. The molecule has 0 saturated carbocycles. The number of fused-ring (bicyclic) bond motifs is 1. The molecule has 0 radical (unpaired) electrons. The van der Waals surface area contributed by atoms with Gasteiger partial charge in [0.15, 0.2) is 0 Å². The van der Waals surface area contributed by atoms with Gasteiger partial charge in [-0.2, -0.15) is 0 Å². The predicted octanol–water partition coefficient (Wildman–Crippen LogP) is 0.331. The molecule has 2 rings (SSSR count). The van der Waals surface area contributed by atoms with Gasteiger partial charge in [0, 0.05) is 25.5 Å². The molecule has 0 aliphatic heterocycles. The zero-order chi connectivity index (χ0) is 11.5. The third-order valence-electron chi connectivity index (χ3n) is 2.26. The Balaban J connectivity index is 2.28. The van der Waals surface area contributed by atoms with Gasteiger partial charge in [-0.05, 0) is 18.6 Å². The molecule has 0 atom stereocenters. The number of hydrogen-bond donors (Lipinski definition) is 2. The molecule has 2 aromatic rings. The van der Waals surface area contributed by atoms with Crippen LogP contribution in [-0.2, 0) is 0 Å². The molecule has 0 bridgehead atoms. The number of carbonyl (C=O) groups is 1. The van der Waals surface area contributed by atoms with Crippen molar-refractivity contribution in [1.82, 2.24) is 14.7 Å². The van der Waals surface area contributed by atoms with Crippen LogP contribution in [0.1, 0.15) is 16.1 Å². The number of hydrogen-bond acceptors (Lipinski definition) is 3. The van der Waals surface area contributed by atoms with Crippen molar-refractivity contribution in [2.45, 2.75) is 6.92 Å². The van der Waals surface area contributed by atoms with Crippen molar-refractivity contribution in [2.75, 3.05) is 13.1 Å². The van der Waals surface area contributed by atoms with Gasteiger partial charge in [-0.3, -0.25) is 4.79 Å². The first kappa shape index (κ1) is 10.6. The zero-order valence-corrected chi connectivity index (χ0v) is 9.10. The lowest BCUT2D eigenvalue weighted by atomic mass is 10.3. The van der Waals surface area contributed by atoms with Gasteiger partial charge in [0.2, 0.25) is 0 Å². The topological polar surface area (TPSA) is 72.4 Å². The maximum Gasteiger partial charge on any atom is 0.271 e. The van der Waals surface area contributed by atoms with Crippen LogP contribution in [0.3, 0.4) is 0 Å². The normalized spacial score (nSPS) is 10.6. The van der Waals surface area contributed by atoms with Crippen LogP contribution in [0.15, 0.2) is 24.5 Å². The fourth-order valence-electron chi connectivity index (χ4n) is 1.49. The lowest BCUT2D eigenvalue weighted by Crippen LogP contribution is -2.29. The molecule has 16 heavy (non-hydrogen) atoms. The third-order valence-corrected chi connectivity index (χ3v) is 2.26. The van der Waals surface area contributed by atoms with E-state index in [1.807, 2.05) is 29.7 Å². The molecule has 0 aliphatic rings. The van der Waals surface area contributed by atoms with E-state index in [-0.39, 0.29) is 5.91 Å². The number of amides is 1. The van der Waals surface area contributed by atoms with Crippen molar-refractivity contribution in [1.29, 1.82) is 0 Å². The molecule has 0 aliphatic carbocycles.